The third-order valence-electron chi connectivity index (χ3n) is 4.84. The molecule has 0 spiro atoms. The molecule has 23 heavy (non-hydrogen) atoms. The van der Waals surface area contributed by atoms with Crippen LogP contribution >= 0.6 is 11.8 Å². The second-order valence-electron chi connectivity index (χ2n) is 6.61. The van der Waals surface area contributed by atoms with Crippen LogP contribution in [0.5, 0.6) is 0 Å². The van der Waals surface area contributed by atoms with E-state index in [9.17, 15) is 0 Å². The summed E-state index contributed by atoms with van der Waals surface area (Å²) in [7, 11) is 0. The number of nitrogens with zero attached hydrogens (tertiary/aromatic N) is 2. The third-order valence-corrected chi connectivity index (χ3v) is 5.94. The maximum Gasteiger partial charge on any atom is 0.160 e. The Labute approximate surface area is 142 Å². The Morgan fingerprint density at radius 1 is 0.913 bits per heavy atom. The average molecular weight is 322 g/mol. The molecule has 4 rings (SSSR count). The van der Waals surface area contributed by atoms with Gasteiger partial charge in [-0.05, 0) is 31.4 Å². The second kappa shape index (κ2) is 5.72. The fourth-order valence-corrected chi connectivity index (χ4v) is 4.48. The van der Waals surface area contributed by atoms with E-state index in [2.05, 4.69) is 67.3 Å². The highest BCUT2D eigenvalue weighted by atomic mass is 32.2. The van der Waals surface area contributed by atoms with Crippen molar-refractivity contribution in [2.24, 2.45) is 4.99 Å². The molecule has 3 heteroatoms. The molecular formula is C20H22N2S. The van der Waals surface area contributed by atoms with E-state index in [1.54, 1.807) is 0 Å². The van der Waals surface area contributed by atoms with E-state index in [0.29, 0.717) is 0 Å². The number of thioether (sulfide) groups is 1. The van der Waals surface area contributed by atoms with Crippen LogP contribution in [0.25, 0.3) is 0 Å². The molecule has 118 valence electrons. The van der Waals surface area contributed by atoms with Gasteiger partial charge >= 0.3 is 0 Å². The number of benzene rings is 2. The molecule has 0 aliphatic carbocycles. The molecule has 0 amide bonds. The Balaban J connectivity index is 1.86. The number of aliphatic imine (C=N–C) groups is 1. The molecule has 2 aliphatic heterocycles. The van der Waals surface area contributed by atoms with Crippen molar-refractivity contribution < 1.29 is 0 Å². The molecule has 0 unspecified atom stereocenters. The van der Waals surface area contributed by atoms with Crippen molar-refractivity contribution in [3.8, 4) is 0 Å². The van der Waals surface area contributed by atoms with Crippen molar-refractivity contribution in [1.82, 2.24) is 4.90 Å². The number of rotatable bonds is 2. The summed E-state index contributed by atoms with van der Waals surface area (Å²) in [6.07, 6.45) is 1.25. The molecule has 0 saturated carbocycles. The van der Waals surface area contributed by atoms with Gasteiger partial charge in [0.1, 0.15) is 5.54 Å². The van der Waals surface area contributed by atoms with Gasteiger partial charge in [0, 0.05) is 12.3 Å². The zero-order valence-electron chi connectivity index (χ0n) is 13.7. The van der Waals surface area contributed by atoms with E-state index < -0.39 is 0 Å². The van der Waals surface area contributed by atoms with Gasteiger partial charge in [0.15, 0.2) is 5.17 Å². The van der Waals surface area contributed by atoms with Crippen LogP contribution in [0.2, 0.25) is 0 Å². The van der Waals surface area contributed by atoms with Gasteiger partial charge in [-0.1, -0.05) is 71.4 Å². The van der Waals surface area contributed by atoms with Crippen molar-refractivity contribution in [2.45, 2.75) is 25.8 Å². The third kappa shape index (κ3) is 2.57. The second-order valence-corrected chi connectivity index (χ2v) is 7.67. The lowest BCUT2D eigenvalue weighted by molar-refractivity contribution is 0.381. The van der Waals surface area contributed by atoms with E-state index in [4.69, 9.17) is 4.99 Å². The quantitative estimate of drug-likeness (QED) is 0.816. The minimum Gasteiger partial charge on any atom is -0.348 e. The first-order valence-corrected chi connectivity index (χ1v) is 9.28. The van der Waals surface area contributed by atoms with Crippen LogP contribution in [0.4, 0.5) is 0 Å². The van der Waals surface area contributed by atoms with Crippen molar-refractivity contribution in [3.63, 3.8) is 0 Å². The topological polar surface area (TPSA) is 15.6 Å². The normalized spacial score (nSPS) is 19.4. The molecule has 2 aliphatic rings. The van der Waals surface area contributed by atoms with Gasteiger partial charge in [-0.25, -0.2) is 4.99 Å². The number of fused-ring (bicyclic) bond motifs is 1. The highest BCUT2D eigenvalue weighted by Gasteiger charge is 2.43. The standard InChI is InChI=1S/C20H22N2S/c1-15-4-8-17(9-5-15)20(18-10-6-16(2)7-11-18)14-22-12-3-13-23-19(22)21-20/h4-11H,3,12-14H2,1-2H3. The fraction of sp³-hybridized carbons (Fsp3) is 0.350. The molecular weight excluding hydrogens is 300 g/mol. The first-order valence-electron chi connectivity index (χ1n) is 8.29. The maximum absolute atomic E-state index is 5.25. The first kappa shape index (κ1) is 14.8. The van der Waals surface area contributed by atoms with E-state index in [1.807, 2.05) is 11.8 Å². The Hall–Kier alpha value is -1.74. The van der Waals surface area contributed by atoms with E-state index in [-0.39, 0.29) is 5.54 Å². The van der Waals surface area contributed by atoms with Crippen molar-refractivity contribution in [2.75, 3.05) is 18.8 Å². The SMILES string of the molecule is Cc1ccc(C2(c3ccc(C)cc3)CN3CCCSC3=N2)cc1. The highest BCUT2D eigenvalue weighted by molar-refractivity contribution is 8.13. The predicted octanol–water partition coefficient (Wildman–Crippen LogP) is 4.36. The molecule has 0 atom stereocenters. The molecule has 1 saturated heterocycles. The molecule has 0 aromatic heterocycles. The van der Waals surface area contributed by atoms with Gasteiger partial charge in [0.2, 0.25) is 0 Å². The van der Waals surface area contributed by atoms with Crippen LogP contribution in [0.15, 0.2) is 53.5 Å². The minimum absolute atomic E-state index is 0.256. The molecule has 0 radical (unpaired) electrons. The first-order chi connectivity index (χ1) is 11.2. The van der Waals surface area contributed by atoms with Gasteiger partial charge in [0.25, 0.3) is 0 Å². The summed E-state index contributed by atoms with van der Waals surface area (Å²) in [6.45, 7) is 6.37. The Morgan fingerprint density at radius 3 is 2.00 bits per heavy atom. The zero-order valence-corrected chi connectivity index (χ0v) is 14.6. The summed E-state index contributed by atoms with van der Waals surface area (Å²) in [5, 5.41) is 1.22. The largest absolute Gasteiger partial charge is 0.348 e. The Bertz CT molecular complexity index is 686. The molecule has 0 N–H and O–H groups in total. The molecule has 1 fully saturated rings. The van der Waals surface area contributed by atoms with E-state index in [1.165, 1.54) is 39.6 Å². The maximum atomic E-state index is 5.25. The van der Waals surface area contributed by atoms with Gasteiger partial charge in [-0.15, -0.1) is 0 Å². The lowest BCUT2D eigenvalue weighted by atomic mass is 9.83. The lowest BCUT2D eigenvalue weighted by Crippen LogP contribution is -2.37. The molecule has 2 nitrogen and oxygen atoms in total. The van der Waals surface area contributed by atoms with Crippen LogP contribution in [-0.4, -0.2) is 28.9 Å². The number of hydrogen-bond acceptors (Lipinski definition) is 3. The van der Waals surface area contributed by atoms with Crippen LogP contribution in [-0.2, 0) is 5.54 Å². The van der Waals surface area contributed by atoms with Crippen molar-refractivity contribution in [3.05, 3.63) is 70.8 Å². The van der Waals surface area contributed by atoms with E-state index in [0.717, 1.165) is 13.1 Å². The Morgan fingerprint density at radius 2 is 1.48 bits per heavy atom. The number of hydrogen-bond donors (Lipinski definition) is 0. The minimum atomic E-state index is -0.256. The lowest BCUT2D eigenvalue weighted by Gasteiger charge is -2.30. The molecule has 0 bridgehead atoms. The fourth-order valence-electron chi connectivity index (χ4n) is 3.47. The summed E-state index contributed by atoms with van der Waals surface area (Å²) in [5.74, 6) is 1.19. The average Bonchev–Trinajstić information content (AvgIpc) is 2.96. The number of aryl methyl sites for hydroxylation is 2. The summed E-state index contributed by atoms with van der Waals surface area (Å²) >= 11 is 1.91. The monoisotopic (exact) mass is 322 g/mol. The summed E-state index contributed by atoms with van der Waals surface area (Å²) in [6, 6.07) is 17.8. The van der Waals surface area contributed by atoms with Crippen LogP contribution in [0.1, 0.15) is 28.7 Å². The van der Waals surface area contributed by atoms with Gasteiger partial charge in [-0.2, -0.15) is 0 Å². The molecule has 2 heterocycles. The van der Waals surface area contributed by atoms with Crippen LogP contribution < -0.4 is 0 Å². The van der Waals surface area contributed by atoms with Crippen LogP contribution in [0, 0.1) is 13.8 Å². The van der Waals surface area contributed by atoms with Gasteiger partial charge in [-0.3, -0.25) is 0 Å². The smallest absolute Gasteiger partial charge is 0.160 e. The molecule has 2 aromatic carbocycles. The summed E-state index contributed by atoms with van der Waals surface area (Å²) in [5.41, 5.74) is 4.94. The number of amidine groups is 1. The zero-order chi connectivity index (χ0) is 15.9. The van der Waals surface area contributed by atoms with Crippen LogP contribution in [0.3, 0.4) is 0 Å². The Kier molecular flexibility index (Phi) is 3.68. The van der Waals surface area contributed by atoms with Gasteiger partial charge in [0.05, 0.1) is 6.54 Å². The van der Waals surface area contributed by atoms with Crippen molar-refractivity contribution in [1.29, 1.82) is 0 Å². The van der Waals surface area contributed by atoms with E-state index >= 15 is 0 Å². The summed E-state index contributed by atoms with van der Waals surface area (Å²) < 4.78 is 0. The van der Waals surface area contributed by atoms with Gasteiger partial charge < -0.3 is 4.90 Å². The van der Waals surface area contributed by atoms with Crippen molar-refractivity contribution >= 4 is 16.9 Å². The summed E-state index contributed by atoms with van der Waals surface area (Å²) in [4.78, 5) is 7.71. The highest BCUT2D eigenvalue weighted by Crippen LogP contribution is 2.42. The predicted molar refractivity (Wildman–Crippen MR) is 99.2 cm³/mol. The molecule has 2 aromatic rings.